The van der Waals surface area contributed by atoms with Gasteiger partial charge in [0.25, 0.3) is 5.91 Å². The first-order valence-corrected chi connectivity index (χ1v) is 6.18. The minimum atomic E-state index is -0.371. The summed E-state index contributed by atoms with van der Waals surface area (Å²) in [6.45, 7) is 5.43. The average Bonchev–Trinajstić information content (AvgIpc) is 2.31. The summed E-state index contributed by atoms with van der Waals surface area (Å²) in [7, 11) is 0. The van der Waals surface area contributed by atoms with Crippen molar-refractivity contribution in [2.24, 2.45) is 0 Å². The summed E-state index contributed by atoms with van der Waals surface area (Å²) >= 11 is 6.01. The Morgan fingerprint density at radius 1 is 1.50 bits per heavy atom. The van der Waals surface area contributed by atoms with E-state index in [0.29, 0.717) is 30.3 Å². The maximum atomic E-state index is 12.5. The van der Waals surface area contributed by atoms with Crippen molar-refractivity contribution in [1.29, 1.82) is 0 Å². The number of rotatable bonds is 1. The summed E-state index contributed by atoms with van der Waals surface area (Å²) in [5.74, 6) is -0.141. The minimum Gasteiger partial charge on any atom is -0.508 e. The van der Waals surface area contributed by atoms with Gasteiger partial charge in [0, 0.05) is 6.54 Å². The molecule has 1 N–H and O–H groups in total. The van der Waals surface area contributed by atoms with Crippen LogP contribution in [0.5, 0.6) is 5.75 Å². The van der Waals surface area contributed by atoms with Gasteiger partial charge in [0.15, 0.2) is 0 Å². The number of phenols is 1. The zero-order valence-corrected chi connectivity index (χ0v) is 11.2. The zero-order chi connectivity index (χ0) is 13.3. The van der Waals surface area contributed by atoms with E-state index in [4.69, 9.17) is 16.3 Å². The number of carbonyl (C=O) groups is 1. The van der Waals surface area contributed by atoms with Gasteiger partial charge < -0.3 is 14.7 Å². The van der Waals surface area contributed by atoms with E-state index in [1.807, 2.05) is 13.8 Å². The molecule has 1 heterocycles. The number of nitrogens with zero attached hydrogens (tertiary/aromatic N) is 1. The predicted molar refractivity (Wildman–Crippen MR) is 69.1 cm³/mol. The first-order valence-electron chi connectivity index (χ1n) is 5.80. The second-order valence-corrected chi connectivity index (χ2v) is 5.39. The van der Waals surface area contributed by atoms with E-state index in [1.54, 1.807) is 4.90 Å². The van der Waals surface area contributed by atoms with Gasteiger partial charge in [-0.25, -0.2) is 0 Å². The van der Waals surface area contributed by atoms with Crippen molar-refractivity contribution in [2.45, 2.75) is 19.4 Å². The highest BCUT2D eigenvalue weighted by Crippen LogP contribution is 2.27. The van der Waals surface area contributed by atoms with Crippen molar-refractivity contribution in [1.82, 2.24) is 4.90 Å². The number of ether oxygens (including phenoxy) is 1. The van der Waals surface area contributed by atoms with Gasteiger partial charge >= 0.3 is 0 Å². The Bertz CT molecular complexity index is 473. The summed E-state index contributed by atoms with van der Waals surface area (Å²) in [6.07, 6.45) is 0. The number of aromatic hydroxyl groups is 1. The van der Waals surface area contributed by atoms with Gasteiger partial charge in [-0.05, 0) is 32.0 Å². The van der Waals surface area contributed by atoms with Gasteiger partial charge in [-0.15, -0.1) is 0 Å². The summed E-state index contributed by atoms with van der Waals surface area (Å²) < 4.78 is 5.38. The lowest BCUT2D eigenvalue weighted by atomic mass is 10.0. The molecule has 5 heteroatoms. The molecule has 1 saturated heterocycles. The fourth-order valence-electron chi connectivity index (χ4n) is 2.06. The maximum Gasteiger partial charge on any atom is 0.256 e. The third-order valence-electron chi connectivity index (χ3n) is 3.07. The second kappa shape index (κ2) is 4.78. The van der Waals surface area contributed by atoms with Gasteiger partial charge in [-0.3, -0.25) is 4.79 Å². The molecule has 0 radical (unpaired) electrons. The maximum absolute atomic E-state index is 12.5. The first-order chi connectivity index (χ1) is 8.42. The molecule has 1 aliphatic rings. The normalized spacial score (nSPS) is 18.7. The van der Waals surface area contributed by atoms with Gasteiger partial charge in [0.1, 0.15) is 5.75 Å². The third-order valence-corrected chi connectivity index (χ3v) is 3.40. The van der Waals surface area contributed by atoms with Crippen molar-refractivity contribution < 1.29 is 14.6 Å². The van der Waals surface area contributed by atoms with E-state index in [2.05, 4.69) is 0 Å². The van der Waals surface area contributed by atoms with Crippen molar-refractivity contribution in [3.8, 4) is 5.75 Å². The summed E-state index contributed by atoms with van der Waals surface area (Å²) in [4.78, 5) is 14.2. The molecule has 0 atom stereocenters. The third kappa shape index (κ3) is 2.44. The van der Waals surface area contributed by atoms with Crippen molar-refractivity contribution in [2.75, 3.05) is 19.8 Å². The predicted octanol–water partition coefficient (Wildman–Crippen LogP) is 2.30. The monoisotopic (exact) mass is 269 g/mol. The Morgan fingerprint density at radius 2 is 2.22 bits per heavy atom. The number of carbonyl (C=O) groups excluding carboxylic acids is 1. The van der Waals surface area contributed by atoms with E-state index < -0.39 is 0 Å². The molecule has 18 heavy (non-hydrogen) atoms. The van der Waals surface area contributed by atoms with Crippen LogP contribution in [0.2, 0.25) is 5.02 Å². The van der Waals surface area contributed by atoms with E-state index in [9.17, 15) is 9.90 Å². The highest BCUT2D eigenvalue weighted by atomic mass is 35.5. The van der Waals surface area contributed by atoms with Crippen LogP contribution < -0.4 is 0 Å². The number of hydrogen-bond donors (Lipinski definition) is 1. The number of benzene rings is 1. The topological polar surface area (TPSA) is 49.8 Å². The molecule has 4 nitrogen and oxygen atoms in total. The van der Waals surface area contributed by atoms with Crippen LogP contribution in [0.25, 0.3) is 0 Å². The second-order valence-electron chi connectivity index (χ2n) is 4.99. The quantitative estimate of drug-likeness (QED) is 0.851. The molecule has 1 amide bonds. The summed E-state index contributed by atoms with van der Waals surface area (Å²) in [6, 6.07) is 4.39. The molecule has 1 aliphatic heterocycles. The lowest BCUT2D eigenvalue weighted by molar-refractivity contribution is -0.0370. The lowest BCUT2D eigenvalue weighted by Crippen LogP contribution is -2.55. The Morgan fingerprint density at radius 3 is 2.89 bits per heavy atom. The molecule has 2 rings (SSSR count). The number of morpholine rings is 1. The van der Waals surface area contributed by atoms with E-state index in [-0.39, 0.29) is 17.2 Å². The van der Waals surface area contributed by atoms with Crippen LogP contribution in [-0.2, 0) is 4.74 Å². The molecule has 0 aliphatic carbocycles. The Balaban J connectivity index is 2.33. The zero-order valence-electron chi connectivity index (χ0n) is 10.4. The Labute approximate surface area is 111 Å². The Hall–Kier alpha value is -1.26. The number of phenolic OH excluding ortho intramolecular Hbond substituents is 1. The molecule has 0 unspecified atom stereocenters. The van der Waals surface area contributed by atoms with Crippen LogP contribution in [0.1, 0.15) is 24.2 Å². The highest BCUT2D eigenvalue weighted by molar-refractivity contribution is 6.33. The number of halogens is 1. The van der Waals surface area contributed by atoms with Gasteiger partial charge in [-0.2, -0.15) is 0 Å². The summed E-state index contributed by atoms with van der Waals surface area (Å²) in [5, 5.41) is 9.81. The molecule has 1 fully saturated rings. The van der Waals surface area contributed by atoms with E-state index >= 15 is 0 Å². The SMILES string of the molecule is CC1(C)COCCN1C(=O)c1cc(O)ccc1Cl. The van der Waals surface area contributed by atoms with Crippen molar-refractivity contribution in [3.63, 3.8) is 0 Å². The molecule has 0 saturated carbocycles. The Kier molecular flexibility index (Phi) is 3.50. The first kappa shape index (κ1) is 13.2. The molecule has 1 aromatic rings. The van der Waals surface area contributed by atoms with Crippen LogP contribution in [0.15, 0.2) is 18.2 Å². The van der Waals surface area contributed by atoms with E-state index in [0.717, 1.165) is 0 Å². The van der Waals surface area contributed by atoms with Crippen LogP contribution >= 0.6 is 11.6 Å². The highest BCUT2D eigenvalue weighted by Gasteiger charge is 2.35. The molecule has 0 bridgehead atoms. The molecule has 0 spiro atoms. The van der Waals surface area contributed by atoms with Crippen LogP contribution in [0.4, 0.5) is 0 Å². The number of amides is 1. The van der Waals surface area contributed by atoms with Crippen molar-refractivity contribution in [3.05, 3.63) is 28.8 Å². The minimum absolute atomic E-state index is 0.0359. The smallest absolute Gasteiger partial charge is 0.256 e. The fourth-order valence-corrected chi connectivity index (χ4v) is 2.26. The largest absolute Gasteiger partial charge is 0.508 e. The average molecular weight is 270 g/mol. The number of hydrogen-bond acceptors (Lipinski definition) is 3. The molecule has 1 aromatic carbocycles. The van der Waals surface area contributed by atoms with Gasteiger partial charge in [0.2, 0.25) is 0 Å². The fraction of sp³-hybridized carbons (Fsp3) is 0.462. The molecular formula is C13H16ClNO3. The van der Waals surface area contributed by atoms with E-state index in [1.165, 1.54) is 18.2 Å². The molecule has 98 valence electrons. The van der Waals surface area contributed by atoms with Gasteiger partial charge in [-0.1, -0.05) is 11.6 Å². The van der Waals surface area contributed by atoms with Crippen LogP contribution in [0, 0.1) is 0 Å². The van der Waals surface area contributed by atoms with Crippen LogP contribution in [-0.4, -0.2) is 41.2 Å². The standard InChI is InChI=1S/C13H16ClNO3/c1-13(2)8-18-6-5-15(13)12(17)10-7-9(16)3-4-11(10)14/h3-4,7,16H,5-6,8H2,1-2H3. The van der Waals surface area contributed by atoms with Gasteiger partial charge in [0.05, 0.1) is 29.3 Å². The molecule has 0 aromatic heterocycles. The lowest BCUT2D eigenvalue weighted by Gasteiger charge is -2.42. The van der Waals surface area contributed by atoms with Crippen LogP contribution in [0.3, 0.4) is 0 Å². The summed E-state index contributed by atoms with van der Waals surface area (Å²) in [5.41, 5.74) is -0.0453. The van der Waals surface area contributed by atoms with Crippen molar-refractivity contribution >= 4 is 17.5 Å². The molecular weight excluding hydrogens is 254 g/mol.